The molecule has 742 valence electrons. The number of benzene rings is 9. The average molecular weight is 1910 g/mol. The van der Waals surface area contributed by atoms with E-state index in [4.69, 9.17) is 0 Å². The Morgan fingerprint density at radius 1 is 0.243 bits per heavy atom. The lowest BCUT2D eigenvalue weighted by molar-refractivity contribution is -0.114. The van der Waals surface area contributed by atoms with Crippen molar-refractivity contribution in [2.45, 2.75) is 357 Å². The lowest BCUT2D eigenvalue weighted by Gasteiger charge is -2.41. The van der Waals surface area contributed by atoms with E-state index in [0.29, 0.717) is 17.1 Å². The number of rotatable bonds is 1. The van der Waals surface area contributed by atoms with E-state index in [2.05, 4.69) is 383 Å². The Morgan fingerprint density at radius 2 is 0.514 bits per heavy atom. The fraction of sp³-hybridized carbons (Fsp3) is 0.407. The van der Waals surface area contributed by atoms with Crippen molar-refractivity contribution in [3.8, 4) is 82.5 Å². The van der Waals surface area contributed by atoms with Crippen molar-refractivity contribution in [1.82, 2.24) is 24.9 Å². The molecule has 0 atom stereocenters. The molecule has 3 N–H and O–H groups in total. The Hall–Kier alpha value is -13.3. The van der Waals surface area contributed by atoms with Gasteiger partial charge in [0, 0.05) is 88.1 Å². The van der Waals surface area contributed by atoms with E-state index in [9.17, 15) is 15.0 Å². The Kier molecular flexibility index (Phi) is 31.9. The minimum Gasteiger partial charge on any atom is -0.508 e. The maximum absolute atomic E-state index is 11.4. The molecule has 3 aromatic heterocycles. The molecule has 0 bridgehead atoms. The first-order valence-electron chi connectivity index (χ1n) is 51.8. The van der Waals surface area contributed by atoms with Crippen molar-refractivity contribution in [2.75, 3.05) is 5.32 Å². The Balaban J connectivity index is 0.000000145. The van der Waals surface area contributed by atoms with Crippen LogP contribution in [0.1, 0.15) is 418 Å². The number of pyridine rings is 1. The van der Waals surface area contributed by atoms with Crippen LogP contribution in [0.5, 0.6) is 11.5 Å². The smallest absolute Gasteiger partial charge is 0.221 e. The lowest BCUT2D eigenvalue weighted by Crippen LogP contribution is -2.33. The minimum atomic E-state index is -0.0669. The number of hydrogen-bond acceptors (Lipinski definition) is 8. The van der Waals surface area contributed by atoms with Crippen molar-refractivity contribution in [3.63, 3.8) is 0 Å². The summed E-state index contributed by atoms with van der Waals surface area (Å²) in [5.74, 6) is 40.4. The summed E-state index contributed by atoms with van der Waals surface area (Å²) in [6, 6.07) is 61.1. The molecule has 18 rings (SSSR count). The highest BCUT2D eigenvalue weighted by Crippen LogP contribution is 2.53. The Morgan fingerprint density at radius 3 is 0.826 bits per heavy atom. The molecule has 12 aromatic rings. The molecule has 1 amide bonds. The second-order valence-electron chi connectivity index (χ2n) is 49.2. The van der Waals surface area contributed by atoms with Crippen LogP contribution in [0.2, 0.25) is 0 Å². The predicted octanol–water partition coefficient (Wildman–Crippen LogP) is 30.8. The number of carbonyl (C=O) groups is 1. The Bertz CT molecular complexity index is 6910. The van der Waals surface area contributed by atoms with Gasteiger partial charge in [-0.15, -0.1) is 0 Å². The third-order valence-electron chi connectivity index (χ3n) is 31.5. The molecule has 0 unspecified atom stereocenters. The molecule has 0 aliphatic heterocycles. The Labute approximate surface area is 864 Å². The quantitative estimate of drug-likeness (QED) is 0.138. The number of nitrogens with zero attached hydrogens (tertiary/aromatic N) is 5. The summed E-state index contributed by atoms with van der Waals surface area (Å²) < 4.78 is 0. The predicted molar refractivity (Wildman–Crippen MR) is 600 cm³/mol. The number of amides is 1. The van der Waals surface area contributed by atoms with Crippen molar-refractivity contribution in [3.05, 3.63) is 374 Å². The van der Waals surface area contributed by atoms with Gasteiger partial charge >= 0.3 is 0 Å². The molecule has 9 heteroatoms. The van der Waals surface area contributed by atoms with E-state index in [-0.39, 0.29) is 76.6 Å². The summed E-state index contributed by atoms with van der Waals surface area (Å²) in [7, 11) is 0. The largest absolute Gasteiger partial charge is 0.508 e. The van der Waals surface area contributed by atoms with Crippen LogP contribution in [-0.4, -0.2) is 41.0 Å². The van der Waals surface area contributed by atoms with Gasteiger partial charge < -0.3 is 15.5 Å². The van der Waals surface area contributed by atoms with E-state index in [0.717, 1.165) is 95.1 Å². The average Bonchev–Trinajstić information content (AvgIpc) is 0.778. The number of hydrogen-bond donors (Lipinski definition) is 3. The van der Waals surface area contributed by atoms with Crippen molar-refractivity contribution >= 4 is 11.6 Å². The molecule has 3 heterocycles. The van der Waals surface area contributed by atoms with Gasteiger partial charge in [0.2, 0.25) is 11.7 Å². The number of phenols is 2. The van der Waals surface area contributed by atoms with Gasteiger partial charge in [0.05, 0.1) is 11.1 Å². The summed E-state index contributed by atoms with van der Waals surface area (Å²) in [6.45, 7) is 69.3. The summed E-state index contributed by atoms with van der Waals surface area (Å²) >= 11 is 0. The molecule has 9 nitrogen and oxygen atoms in total. The van der Waals surface area contributed by atoms with Gasteiger partial charge in [-0.2, -0.15) is 0 Å². The summed E-state index contributed by atoms with van der Waals surface area (Å²) in [5.41, 5.74) is 36.4. The van der Waals surface area contributed by atoms with Crippen molar-refractivity contribution in [2.24, 2.45) is 0 Å². The topological polar surface area (TPSA) is 134 Å². The third kappa shape index (κ3) is 26.5. The van der Waals surface area contributed by atoms with Crippen molar-refractivity contribution in [1.29, 1.82) is 0 Å². The molecule has 144 heavy (non-hydrogen) atoms. The van der Waals surface area contributed by atoms with Crippen LogP contribution >= 0.6 is 0 Å². The molecule has 6 aliphatic rings. The number of aromatic nitrogens is 5. The first kappa shape index (κ1) is 108. The van der Waals surface area contributed by atoms with E-state index in [1.165, 1.54) is 151 Å². The molecule has 6 aliphatic carbocycles. The highest BCUT2D eigenvalue weighted by Gasteiger charge is 2.43. The normalized spacial score (nSPS) is 17.5. The monoisotopic (exact) mass is 1910 g/mol. The van der Waals surface area contributed by atoms with Crippen LogP contribution in [0, 0.1) is 113 Å². The van der Waals surface area contributed by atoms with Gasteiger partial charge in [0.25, 0.3) is 0 Å². The number of nitrogens with one attached hydrogen (secondary N) is 1. The van der Waals surface area contributed by atoms with Gasteiger partial charge in [-0.1, -0.05) is 286 Å². The van der Waals surface area contributed by atoms with Crippen molar-refractivity contribution < 1.29 is 15.0 Å². The number of carbonyl (C=O) groups excluding carboxylic acids is 1. The zero-order chi connectivity index (χ0) is 105. The highest BCUT2D eigenvalue weighted by atomic mass is 16.3. The molecule has 0 fully saturated rings. The van der Waals surface area contributed by atoms with Crippen LogP contribution in [-0.2, 0) is 69.8 Å². The first-order valence-corrected chi connectivity index (χ1v) is 51.8. The summed E-state index contributed by atoms with van der Waals surface area (Å²) in [5, 5.41) is 22.7. The molecule has 9 aromatic carbocycles. The van der Waals surface area contributed by atoms with E-state index in [1.807, 2.05) is 96.3 Å². The lowest BCUT2D eigenvalue weighted by atomic mass is 9.63. The molecule has 0 radical (unpaired) electrons. The SMILES string of the molecule is CC(=O)Nc1cc(C#Cc2ccc3c(c2)C(C)(C)CCC3(C)C)ccc1C.Cc1ccc(C#Cc2ccc3c(c2)C(C)(C)CCC3(C)C)c(O)c1.Cc1ccc(C#Cc2ccc3c(c2)C(C)(C)CCC3(C)C)cc1O.Cc1ccc(C#Cc2ccc3c(c2)C(C)(C)CCC3(C)C)nc1.Cc1cnc(C#Cc2ccc3c(c2)C(C)(C)CCC3(C)C)nc1.Cc1ncc(C#Cc2ccc3c(c2)C(C)(C)CCC3(C)C)cn1. The zero-order valence-corrected chi connectivity index (χ0v) is 92.2. The van der Waals surface area contributed by atoms with E-state index >= 15 is 0 Å². The number of aromatic hydroxyl groups is 2. The van der Waals surface area contributed by atoms with E-state index in [1.54, 1.807) is 36.9 Å². The maximum Gasteiger partial charge on any atom is 0.221 e. The minimum absolute atomic E-state index is 0.0669. The second-order valence-corrected chi connectivity index (χ2v) is 49.2. The zero-order valence-electron chi connectivity index (χ0n) is 92.2. The van der Waals surface area contributed by atoms with Crippen LogP contribution in [0.15, 0.2) is 207 Å². The summed E-state index contributed by atoms with van der Waals surface area (Å²) in [4.78, 5) is 32.6. The van der Waals surface area contributed by atoms with Crippen LogP contribution in [0.4, 0.5) is 5.69 Å². The molecule has 0 saturated heterocycles. The molecule has 0 spiro atoms. The van der Waals surface area contributed by atoms with Gasteiger partial charge in [-0.25, -0.2) is 24.9 Å². The van der Waals surface area contributed by atoms with E-state index < -0.39 is 0 Å². The van der Waals surface area contributed by atoms with Crippen LogP contribution in [0.3, 0.4) is 0 Å². The molecular formula is C135H154N6O3. The fourth-order valence-electron chi connectivity index (χ4n) is 20.8. The van der Waals surface area contributed by atoms with Crippen LogP contribution in [0.25, 0.3) is 0 Å². The third-order valence-corrected chi connectivity index (χ3v) is 31.5. The number of fused-ring (bicyclic) bond motifs is 6. The first-order chi connectivity index (χ1) is 67.3. The second kappa shape index (κ2) is 42.6. The van der Waals surface area contributed by atoms with Gasteiger partial charge in [-0.05, 0) is 405 Å². The van der Waals surface area contributed by atoms with Gasteiger partial charge in [0.15, 0.2) is 0 Å². The number of anilines is 1. The fourth-order valence-corrected chi connectivity index (χ4v) is 20.8. The standard InChI is InChI=1S/C25H29NO.2C23H26O.C22H25N.2C21H24N2/c1-17-7-8-20(16-23(17)26-18(2)27)10-9-19-11-12-21-22(15-19)25(5,6)14-13-24(21,3)4;1-16-6-9-18(21(24)14-16)10-7-17-8-11-19-20(15-17)23(4,5)13-12-22(19,2)3;1-16-6-7-18(15-21(16)24)9-8-17-10-11-19-20(14-17)23(4,5)13-12-22(19,2)3;1-16-6-9-18(23-15-16)10-7-17-8-11-19-20(14-17)22(4,5)13-12-21(19,2)3;1-15-13-22-19(23-14-15)9-7-16-6-8-17-18(12-16)21(4,5)11-10-20(17,2)3;1-15-22-13-17(14-23-15)7-6-16-8-9-18-19(12-16)21(4,5)11-10-20(18,2)3/h7-8,11-12,15-16H,13-14H2,1-6H3,(H,26,27);6,8-9,11,14-15,24H,12-13H2,1-5H3;6-7,10-11,14-15,24H,12-13H2,1-5H3;6,8-9,11,14-15H,12-13H2,1-5H3;6,8,12-14H,10-11H2,1-5H3;8-9,12-14H,10-11H2,1-5H3. The van der Waals surface area contributed by atoms with Gasteiger partial charge in [-0.3, -0.25) is 4.79 Å². The number of phenolic OH excluding ortho intramolecular Hbond substituents is 2. The molecular weight excluding hydrogens is 1750 g/mol. The maximum atomic E-state index is 11.4. The van der Waals surface area contributed by atoms with Gasteiger partial charge in [0.1, 0.15) is 23.0 Å². The summed E-state index contributed by atoms with van der Waals surface area (Å²) in [6.07, 6.45) is 23.6. The molecule has 0 saturated carbocycles. The highest BCUT2D eigenvalue weighted by molar-refractivity contribution is 5.89. The van der Waals surface area contributed by atoms with Crippen LogP contribution < -0.4 is 5.32 Å². The number of aryl methyl sites for hydroxylation is 6.